The average Bonchev–Trinajstić information content (AvgIpc) is 2.25. The second kappa shape index (κ2) is 6.91. The summed E-state index contributed by atoms with van der Waals surface area (Å²) in [5.74, 6) is 1.20. The third-order valence-electron chi connectivity index (χ3n) is 2.50. The number of aliphatic hydroxyl groups excluding tert-OH is 1. The van der Waals surface area contributed by atoms with E-state index in [1.807, 2.05) is 17.8 Å². The van der Waals surface area contributed by atoms with E-state index in [0.717, 1.165) is 5.56 Å². The molecule has 0 aliphatic heterocycles. The molecule has 0 aliphatic rings. The standard InChI is InChI=1S/C13H20OS/c1-3-4-5-8-15-13-7-6-12(10-14)11(2)9-13/h6-7,9,14H,3-5,8,10H2,1-2H3. The number of aliphatic hydroxyl groups is 1. The molecule has 0 unspecified atom stereocenters. The summed E-state index contributed by atoms with van der Waals surface area (Å²) >= 11 is 1.91. The van der Waals surface area contributed by atoms with Crippen molar-refractivity contribution in [2.45, 2.75) is 44.6 Å². The van der Waals surface area contributed by atoms with E-state index in [4.69, 9.17) is 5.11 Å². The lowest BCUT2D eigenvalue weighted by Crippen LogP contribution is -1.89. The zero-order valence-corrected chi connectivity index (χ0v) is 10.4. The van der Waals surface area contributed by atoms with Crippen LogP contribution in [0.2, 0.25) is 0 Å². The fraction of sp³-hybridized carbons (Fsp3) is 0.538. The molecule has 1 aromatic carbocycles. The molecule has 0 amide bonds. The van der Waals surface area contributed by atoms with Crippen molar-refractivity contribution in [3.63, 3.8) is 0 Å². The van der Waals surface area contributed by atoms with E-state index >= 15 is 0 Å². The Bertz CT molecular complexity index is 297. The Labute approximate surface area is 96.9 Å². The maximum absolute atomic E-state index is 9.05. The Hall–Kier alpha value is -0.470. The number of aryl methyl sites for hydroxylation is 1. The van der Waals surface area contributed by atoms with Crippen LogP contribution in [0, 0.1) is 6.92 Å². The molecule has 1 aromatic rings. The summed E-state index contributed by atoms with van der Waals surface area (Å²) in [4.78, 5) is 1.32. The molecule has 0 saturated heterocycles. The molecule has 2 heteroatoms. The lowest BCUT2D eigenvalue weighted by molar-refractivity contribution is 0.281. The monoisotopic (exact) mass is 224 g/mol. The minimum absolute atomic E-state index is 0.145. The van der Waals surface area contributed by atoms with E-state index in [1.165, 1.54) is 35.5 Å². The van der Waals surface area contributed by atoms with Gasteiger partial charge in [-0.2, -0.15) is 0 Å². The number of thioether (sulfide) groups is 1. The van der Waals surface area contributed by atoms with Crippen LogP contribution in [0.5, 0.6) is 0 Å². The molecule has 0 aliphatic carbocycles. The normalized spacial score (nSPS) is 10.6. The molecule has 0 spiro atoms. The third-order valence-corrected chi connectivity index (χ3v) is 3.58. The number of benzene rings is 1. The van der Waals surface area contributed by atoms with Crippen LogP contribution in [0.25, 0.3) is 0 Å². The van der Waals surface area contributed by atoms with Crippen molar-refractivity contribution in [3.8, 4) is 0 Å². The molecule has 0 fully saturated rings. The molecule has 1 nitrogen and oxygen atoms in total. The first-order chi connectivity index (χ1) is 7.27. The molecule has 0 saturated carbocycles. The zero-order valence-electron chi connectivity index (χ0n) is 9.62. The predicted octanol–water partition coefficient (Wildman–Crippen LogP) is 3.77. The number of unbranched alkanes of at least 4 members (excludes halogenated alkanes) is 2. The lowest BCUT2D eigenvalue weighted by Gasteiger charge is -2.06. The van der Waals surface area contributed by atoms with E-state index in [1.54, 1.807) is 0 Å². The Morgan fingerprint density at radius 1 is 1.27 bits per heavy atom. The minimum atomic E-state index is 0.145. The molecular weight excluding hydrogens is 204 g/mol. The van der Waals surface area contributed by atoms with Crippen molar-refractivity contribution < 1.29 is 5.11 Å². The Balaban J connectivity index is 2.45. The molecule has 0 bridgehead atoms. The van der Waals surface area contributed by atoms with E-state index in [-0.39, 0.29) is 6.61 Å². The van der Waals surface area contributed by atoms with Crippen molar-refractivity contribution in [1.29, 1.82) is 0 Å². The van der Waals surface area contributed by atoms with Crippen LogP contribution in [-0.4, -0.2) is 10.9 Å². The average molecular weight is 224 g/mol. The van der Waals surface area contributed by atoms with Gasteiger partial charge in [0.05, 0.1) is 6.61 Å². The highest BCUT2D eigenvalue weighted by Gasteiger charge is 1.99. The smallest absolute Gasteiger partial charge is 0.0684 e. The summed E-state index contributed by atoms with van der Waals surface area (Å²) < 4.78 is 0. The highest BCUT2D eigenvalue weighted by molar-refractivity contribution is 7.99. The van der Waals surface area contributed by atoms with Gasteiger partial charge in [-0.15, -0.1) is 11.8 Å². The summed E-state index contributed by atoms with van der Waals surface area (Å²) in [6.07, 6.45) is 3.89. The van der Waals surface area contributed by atoms with Crippen LogP contribution < -0.4 is 0 Å². The Morgan fingerprint density at radius 3 is 2.67 bits per heavy atom. The molecule has 0 heterocycles. The SMILES string of the molecule is CCCCCSc1ccc(CO)c(C)c1. The first kappa shape index (κ1) is 12.6. The van der Waals surface area contributed by atoms with Gasteiger partial charge in [0.1, 0.15) is 0 Å². The second-order valence-electron chi connectivity index (χ2n) is 3.80. The topological polar surface area (TPSA) is 20.2 Å². The van der Waals surface area contributed by atoms with Gasteiger partial charge in [0.25, 0.3) is 0 Å². The van der Waals surface area contributed by atoms with Gasteiger partial charge in [-0.1, -0.05) is 25.8 Å². The fourth-order valence-electron chi connectivity index (χ4n) is 1.48. The van der Waals surface area contributed by atoms with Gasteiger partial charge in [-0.05, 0) is 42.4 Å². The zero-order chi connectivity index (χ0) is 11.1. The molecule has 84 valence electrons. The molecular formula is C13H20OS. The maximum atomic E-state index is 9.05. The van der Waals surface area contributed by atoms with Gasteiger partial charge >= 0.3 is 0 Å². The van der Waals surface area contributed by atoms with Crippen LogP contribution in [0.3, 0.4) is 0 Å². The lowest BCUT2D eigenvalue weighted by atomic mass is 10.1. The third kappa shape index (κ3) is 4.27. The summed E-state index contributed by atoms with van der Waals surface area (Å²) in [5, 5.41) is 9.05. The van der Waals surface area contributed by atoms with Gasteiger partial charge in [0, 0.05) is 4.90 Å². The number of rotatable bonds is 6. The quantitative estimate of drug-likeness (QED) is 0.586. The first-order valence-corrected chi connectivity index (χ1v) is 6.59. The summed E-state index contributed by atoms with van der Waals surface area (Å²) in [6, 6.07) is 6.30. The summed E-state index contributed by atoms with van der Waals surface area (Å²) in [7, 11) is 0. The Kier molecular flexibility index (Phi) is 5.81. The minimum Gasteiger partial charge on any atom is -0.392 e. The van der Waals surface area contributed by atoms with Crippen molar-refractivity contribution in [2.24, 2.45) is 0 Å². The second-order valence-corrected chi connectivity index (χ2v) is 4.97. The molecule has 1 rings (SSSR count). The number of hydrogen-bond donors (Lipinski definition) is 1. The number of hydrogen-bond acceptors (Lipinski definition) is 2. The van der Waals surface area contributed by atoms with Gasteiger partial charge in [-0.3, -0.25) is 0 Å². The predicted molar refractivity (Wildman–Crippen MR) is 67.4 cm³/mol. The van der Waals surface area contributed by atoms with Gasteiger partial charge in [-0.25, -0.2) is 0 Å². The molecule has 0 atom stereocenters. The molecule has 0 radical (unpaired) electrons. The highest BCUT2D eigenvalue weighted by Crippen LogP contribution is 2.22. The van der Waals surface area contributed by atoms with Crippen LogP contribution >= 0.6 is 11.8 Å². The van der Waals surface area contributed by atoms with E-state index < -0.39 is 0 Å². The highest BCUT2D eigenvalue weighted by atomic mass is 32.2. The van der Waals surface area contributed by atoms with Crippen molar-refractivity contribution in [2.75, 3.05) is 5.75 Å². The van der Waals surface area contributed by atoms with Gasteiger partial charge in [0.2, 0.25) is 0 Å². The van der Waals surface area contributed by atoms with Crippen LogP contribution in [-0.2, 0) is 6.61 Å². The largest absolute Gasteiger partial charge is 0.392 e. The van der Waals surface area contributed by atoms with E-state index in [0.29, 0.717) is 0 Å². The van der Waals surface area contributed by atoms with Gasteiger partial charge in [0.15, 0.2) is 0 Å². The fourth-order valence-corrected chi connectivity index (χ4v) is 2.49. The van der Waals surface area contributed by atoms with E-state index in [2.05, 4.69) is 26.0 Å². The van der Waals surface area contributed by atoms with Crippen LogP contribution in [0.4, 0.5) is 0 Å². The van der Waals surface area contributed by atoms with Gasteiger partial charge < -0.3 is 5.11 Å². The molecule has 1 N–H and O–H groups in total. The van der Waals surface area contributed by atoms with Crippen LogP contribution in [0.1, 0.15) is 37.3 Å². The van der Waals surface area contributed by atoms with Crippen molar-refractivity contribution in [1.82, 2.24) is 0 Å². The summed E-state index contributed by atoms with van der Waals surface area (Å²) in [6.45, 7) is 4.43. The van der Waals surface area contributed by atoms with Crippen molar-refractivity contribution >= 4 is 11.8 Å². The van der Waals surface area contributed by atoms with E-state index in [9.17, 15) is 0 Å². The first-order valence-electron chi connectivity index (χ1n) is 5.61. The van der Waals surface area contributed by atoms with Crippen LogP contribution in [0.15, 0.2) is 23.1 Å². The summed E-state index contributed by atoms with van der Waals surface area (Å²) in [5.41, 5.74) is 2.23. The molecule has 15 heavy (non-hydrogen) atoms. The molecule has 0 aromatic heterocycles. The Morgan fingerprint density at radius 2 is 2.07 bits per heavy atom. The maximum Gasteiger partial charge on any atom is 0.0684 e. The van der Waals surface area contributed by atoms with Crippen molar-refractivity contribution in [3.05, 3.63) is 29.3 Å².